The van der Waals surface area contributed by atoms with E-state index in [2.05, 4.69) is 4.90 Å². The van der Waals surface area contributed by atoms with Crippen molar-refractivity contribution in [1.29, 1.82) is 0 Å². The lowest BCUT2D eigenvalue weighted by Crippen LogP contribution is -2.52. The van der Waals surface area contributed by atoms with Crippen LogP contribution >= 0.6 is 0 Å². The lowest BCUT2D eigenvalue weighted by atomic mass is 10.2. The van der Waals surface area contributed by atoms with Crippen molar-refractivity contribution in [3.63, 3.8) is 0 Å². The molecule has 2 aliphatic rings. The standard InChI is InChI=1S/C15H22N2O2S/c18-20(19,12-8-14-5-2-1-3-6-14)17-11-10-16-9-4-7-15(16)13-17/h1-3,5-6,15H,4,7-13H2/t15-/m1/s1. The fourth-order valence-corrected chi connectivity index (χ4v) is 4.75. The highest BCUT2D eigenvalue weighted by molar-refractivity contribution is 7.89. The van der Waals surface area contributed by atoms with Crippen LogP contribution in [0.1, 0.15) is 18.4 Å². The molecule has 2 saturated heterocycles. The third kappa shape index (κ3) is 3.05. The molecular weight excluding hydrogens is 272 g/mol. The van der Waals surface area contributed by atoms with E-state index >= 15 is 0 Å². The molecular formula is C15H22N2O2S. The summed E-state index contributed by atoms with van der Waals surface area (Å²) in [4.78, 5) is 2.43. The van der Waals surface area contributed by atoms with Gasteiger partial charge in [0.15, 0.2) is 0 Å². The Morgan fingerprint density at radius 3 is 2.70 bits per heavy atom. The quantitative estimate of drug-likeness (QED) is 0.841. The molecule has 5 heteroatoms. The summed E-state index contributed by atoms with van der Waals surface area (Å²) < 4.78 is 26.6. The van der Waals surface area contributed by atoms with Gasteiger partial charge in [0.1, 0.15) is 0 Å². The Labute approximate surface area is 121 Å². The summed E-state index contributed by atoms with van der Waals surface area (Å²) >= 11 is 0. The van der Waals surface area contributed by atoms with Crippen molar-refractivity contribution in [3.05, 3.63) is 35.9 Å². The first-order valence-electron chi connectivity index (χ1n) is 7.41. The summed E-state index contributed by atoms with van der Waals surface area (Å²) in [6, 6.07) is 10.3. The van der Waals surface area contributed by atoms with Gasteiger partial charge in [0.25, 0.3) is 0 Å². The Morgan fingerprint density at radius 2 is 1.90 bits per heavy atom. The molecule has 0 radical (unpaired) electrons. The molecule has 0 aromatic heterocycles. The lowest BCUT2D eigenvalue weighted by molar-refractivity contribution is 0.158. The molecule has 2 heterocycles. The van der Waals surface area contributed by atoms with Crippen molar-refractivity contribution < 1.29 is 8.42 Å². The molecule has 4 nitrogen and oxygen atoms in total. The maximum Gasteiger partial charge on any atom is 0.214 e. The fourth-order valence-electron chi connectivity index (χ4n) is 3.24. The molecule has 0 N–H and O–H groups in total. The second-order valence-electron chi connectivity index (χ2n) is 5.74. The van der Waals surface area contributed by atoms with Crippen molar-refractivity contribution in [2.45, 2.75) is 25.3 Å². The third-order valence-electron chi connectivity index (χ3n) is 4.43. The number of sulfonamides is 1. The van der Waals surface area contributed by atoms with Crippen LogP contribution in [0.4, 0.5) is 0 Å². The van der Waals surface area contributed by atoms with E-state index in [1.807, 2.05) is 30.3 Å². The average molecular weight is 294 g/mol. The monoisotopic (exact) mass is 294 g/mol. The van der Waals surface area contributed by atoms with Crippen LogP contribution in [-0.2, 0) is 16.4 Å². The van der Waals surface area contributed by atoms with Gasteiger partial charge in [-0.1, -0.05) is 30.3 Å². The maximum absolute atomic E-state index is 12.5. The largest absolute Gasteiger partial charge is 0.298 e. The van der Waals surface area contributed by atoms with Crippen LogP contribution in [0.25, 0.3) is 0 Å². The van der Waals surface area contributed by atoms with E-state index < -0.39 is 10.0 Å². The summed E-state index contributed by atoms with van der Waals surface area (Å²) in [7, 11) is -3.11. The van der Waals surface area contributed by atoms with Crippen LogP contribution in [0.5, 0.6) is 0 Å². The van der Waals surface area contributed by atoms with Gasteiger partial charge in [-0.05, 0) is 31.4 Å². The zero-order chi connectivity index (χ0) is 14.0. The van der Waals surface area contributed by atoms with Crippen molar-refractivity contribution in [2.24, 2.45) is 0 Å². The van der Waals surface area contributed by atoms with Gasteiger partial charge in [0.05, 0.1) is 5.75 Å². The van der Waals surface area contributed by atoms with E-state index in [0.717, 1.165) is 25.1 Å². The molecule has 0 aliphatic carbocycles. The number of nitrogens with zero attached hydrogens (tertiary/aromatic N) is 2. The van der Waals surface area contributed by atoms with Gasteiger partial charge in [0.2, 0.25) is 10.0 Å². The topological polar surface area (TPSA) is 40.6 Å². The average Bonchev–Trinajstić information content (AvgIpc) is 2.94. The molecule has 0 saturated carbocycles. The van der Waals surface area contributed by atoms with Gasteiger partial charge < -0.3 is 0 Å². The molecule has 110 valence electrons. The van der Waals surface area contributed by atoms with E-state index in [0.29, 0.717) is 25.6 Å². The molecule has 0 bridgehead atoms. The van der Waals surface area contributed by atoms with Gasteiger partial charge in [-0.2, -0.15) is 4.31 Å². The minimum absolute atomic E-state index is 0.226. The predicted octanol–water partition coefficient (Wildman–Crippen LogP) is 1.34. The van der Waals surface area contributed by atoms with E-state index in [9.17, 15) is 8.42 Å². The number of piperazine rings is 1. The Bertz CT molecular complexity index is 544. The minimum atomic E-state index is -3.11. The van der Waals surface area contributed by atoms with Crippen LogP contribution in [0.15, 0.2) is 30.3 Å². The Hall–Kier alpha value is -0.910. The van der Waals surface area contributed by atoms with Crippen molar-refractivity contribution in [2.75, 3.05) is 31.9 Å². The first kappa shape index (κ1) is 14.0. The Balaban J connectivity index is 1.60. The highest BCUT2D eigenvalue weighted by atomic mass is 32.2. The van der Waals surface area contributed by atoms with Gasteiger partial charge in [0, 0.05) is 25.7 Å². The highest BCUT2D eigenvalue weighted by Gasteiger charge is 2.35. The van der Waals surface area contributed by atoms with Crippen molar-refractivity contribution >= 4 is 10.0 Å². The first-order valence-corrected chi connectivity index (χ1v) is 9.02. The van der Waals surface area contributed by atoms with E-state index in [-0.39, 0.29) is 5.75 Å². The lowest BCUT2D eigenvalue weighted by Gasteiger charge is -2.36. The molecule has 2 fully saturated rings. The van der Waals surface area contributed by atoms with Gasteiger partial charge >= 0.3 is 0 Å². The van der Waals surface area contributed by atoms with Gasteiger partial charge in [-0.25, -0.2) is 8.42 Å². The van der Waals surface area contributed by atoms with E-state index in [1.165, 1.54) is 6.42 Å². The first-order chi connectivity index (χ1) is 9.65. The van der Waals surface area contributed by atoms with Crippen LogP contribution in [0.3, 0.4) is 0 Å². The summed E-state index contributed by atoms with van der Waals surface area (Å²) in [6.07, 6.45) is 2.96. The van der Waals surface area contributed by atoms with Gasteiger partial charge in [-0.3, -0.25) is 4.90 Å². The normalized spacial score (nSPS) is 24.7. The zero-order valence-corrected chi connectivity index (χ0v) is 12.6. The number of hydrogen-bond donors (Lipinski definition) is 0. The van der Waals surface area contributed by atoms with Crippen LogP contribution in [0.2, 0.25) is 0 Å². The second kappa shape index (κ2) is 5.84. The molecule has 1 atom stereocenters. The Kier molecular flexibility index (Phi) is 4.10. The molecule has 1 aromatic rings. The number of aryl methyl sites for hydroxylation is 1. The van der Waals surface area contributed by atoms with E-state index in [1.54, 1.807) is 4.31 Å². The van der Waals surface area contributed by atoms with Crippen LogP contribution in [0, 0.1) is 0 Å². The molecule has 2 aliphatic heterocycles. The molecule has 20 heavy (non-hydrogen) atoms. The molecule has 1 aromatic carbocycles. The smallest absolute Gasteiger partial charge is 0.214 e. The summed E-state index contributed by atoms with van der Waals surface area (Å²) in [5.41, 5.74) is 1.09. The molecule has 3 rings (SSSR count). The number of rotatable bonds is 4. The third-order valence-corrected chi connectivity index (χ3v) is 6.27. The summed E-state index contributed by atoms with van der Waals surface area (Å²) in [5.74, 6) is 0.226. The number of fused-ring (bicyclic) bond motifs is 1. The fraction of sp³-hybridized carbons (Fsp3) is 0.600. The van der Waals surface area contributed by atoms with E-state index in [4.69, 9.17) is 0 Å². The molecule has 0 amide bonds. The van der Waals surface area contributed by atoms with Crippen LogP contribution < -0.4 is 0 Å². The van der Waals surface area contributed by atoms with Crippen molar-refractivity contribution in [1.82, 2.24) is 9.21 Å². The van der Waals surface area contributed by atoms with Crippen LogP contribution in [-0.4, -0.2) is 55.6 Å². The summed E-state index contributed by atoms with van der Waals surface area (Å²) in [6.45, 7) is 3.39. The predicted molar refractivity (Wildman–Crippen MR) is 80.1 cm³/mol. The highest BCUT2D eigenvalue weighted by Crippen LogP contribution is 2.23. The van der Waals surface area contributed by atoms with Gasteiger partial charge in [-0.15, -0.1) is 0 Å². The zero-order valence-electron chi connectivity index (χ0n) is 11.7. The molecule has 0 unspecified atom stereocenters. The second-order valence-corrected chi connectivity index (χ2v) is 7.83. The number of hydrogen-bond acceptors (Lipinski definition) is 3. The number of benzene rings is 1. The van der Waals surface area contributed by atoms with Crippen molar-refractivity contribution in [3.8, 4) is 0 Å². The Morgan fingerprint density at radius 1 is 1.10 bits per heavy atom. The minimum Gasteiger partial charge on any atom is -0.298 e. The molecule has 0 spiro atoms. The SMILES string of the molecule is O=S(=O)(CCc1ccccc1)N1CCN2CCC[C@@H]2C1. The summed E-state index contributed by atoms with van der Waals surface area (Å²) in [5, 5.41) is 0. The maximum atomic E-state index is 12.5.